The number of amides is 5. The molecule has 3 aromatic carbocycles. The third-order valence-electron chi connectivity index (χ3n) is 12.6. The Labute approximate surface area is 456 Å². The third kappa shape index (κ3) is 20.1. The van der Waals surface area contributed by atoms with Crippen LogP contribution in [0.5, 0.6) is 0 Å². The van der Waals surface area contributed by atoms with Crippen molar-refractivity contribution in [2.24, 2.45) is 11.8 Å². The van der Waals surface area contributed by atoms with Crippen molar-refractivity contribution in [3.63, 3.8) is 0 Å². The molecule has 0 spiro atoms. The molecule has 0 aromatic heterocycles. The van der Waals surface area contributed by atoms with Gasteiger partial charge in [-0.05, 0) is 129 Å². The van der Waals surface area contributed by atoms with Gasteiger partial charge in [0.15, 0.2) is 0 Å². The predicted molar refractivity (Wildman–Crippen MR) is 293 cm³/mol. The lowest BCUT2D eigenvalue weighted by Gasteiger charge is -2.35. The molecule has 4 unspecified atom stereocenters. The van der Waals surface area contributed by atoms with Gasteiger partial charge in [0.2, 0.25) is 14.7 Å². The van der Waals surface area contributed by atoms with Crippen molar-refractivity contribution in [1.29, 1.82) is 2.86 Å². The molecule has 1 saturated carbocycles. The zero-order valence-corrected chi connectivity index (χ0v) is 47.7. The SMILES string of the molecule is [2H]C1[C@@H](COP(C)N(C(C)C)C(C)C)C[C@@H](Cc2ccccc2)[C@H]1NC(=O)CN1C(=O)c2ccccc2C1=O.[2H]C1[C@@H](COP(C)N(C(C)C)C(C)C)O[C@@H](Cc2ccccc2)[C@H]1NC(=O)CNC(=O)C(F)(F)F.[3H]OC.[3H]OC. The fourth-order valence-corrected chi connectivity index (χ4v) is 13.4. The van der Waals surface area contributed by atoms with E-state index in [2.05, 4.69) is 104 Å². The molecule has 3 aromatic rings. The molecule has 0 bridgehead atoms. The Hall–Kier alpha value is -4.42. The number of alkyl halides is 3. The van der Waals surface area contributed by atoms with Crippen LogP contribution in [0.2, 0.25) is 0 Å². The number of carbonyl (C=O) groups excluding carboxylic acids is 5. The van der Waals surface area contributed by atoms with Gasteiger partial charge in [-0.15, -0.1) is 0 Å². The molecule has 16 nitrogen and oxygen atoms in total. The lowest BCUT2D eigenvalue weighted by atomic mass is 9.94. The number of rotatable bonds is 22. The van der Waals surface area contributed by atoms with Crippen molar-refractivity contribution in [2.75, 3.05) is 53.9 Å². The van der Waals surface area contributed by atoms with Crippen molar-refractivity contribution in [1.82, 2.24) is 30.2 Å². The lowest BCUT2D eigenvalue weighted by Crippen LogP contribution is -2.47. The van der Waals surface area contributed by atoms with E-state index in [1.165, 1.54) is 14.2 Å². The molecule has 2 aliphatic heterocycles. The van der Waals surface area contributed by atoms with Crippen LogP contribution in [0.1, 0.15) is 109 Å². The molecule has 2 heterocycles. The Balaban J connectivity index is 0.000000385. The van der Waals surface area contributed by atoms with Gasteiger partial charge in [-0.1, -0.05) is 72.8 Å². The Morgan fingerprint density at radius 1 is 0.737 bits per heavy atom. The van der Waals surface area contributed by atoms with Gasteiger partial charge < -0.3 is 40.0 Å². The van der Waals surface area contributed by atoms with E-state index in [0.29, 0.717) is 36.2 Å². The van der Waals surface area contributed by atoms with E-state index in [-0.39, 0.29) is 37.1 Å². The Bertz CT molecular complexity index is 2330. The monoisotopic (exact) mass is 1110 g/mol. The zero-order chi connectivity index (χ0) is 60.0. The molecule has 1 saturated heterocycles. The minimum Gasteiger partial charge on any atom is -0.400 e. The van der Waals surface area contributed by atoms with Gasteiger partial charge in [-0.25, -0.2) is 0 Å². The third-order valence-corrected chi connectivity index (χ3v) is 16.7. The minimum atomic E-state index is -5.08. The molecular formula is C55H83F3N6O10P2. The predicted octanol–water partition coefficient (Wildman–Crippen LogP) is 7.96. The molecule has 0 radical (unpaired) electrons. The second kappa shape index (κ2) is 32.5. The van der Waals surface area contributed by atoms with E-state index in [1.54, 1.807) is 29.6 Å². The van der Waals surface area contributed by atoms with Crippen molar-refractivity contribution in [3.8, 4) is 0 Å². The summed E-state index contributed by atoms with van der Waals surface area (Å²) in [5.74, 6) is -4.34. The van der Waals surface area contributed by atoms with Gasteiger partial charge in [0, 0.05) is 53.6 Å². The first kappa shape index (κ1) is 59.2. The van der Waals surface area contributed by atoms with E-state index in [1.807, 2.05) is 55.2 Å². The highest BCUT2D eigenvalue weighted by atomic mass is 31.2. The second-order valence-corrected chi connectivity index (χ2v) is 22.8. The van der Waals surface area contributed by atoms with Crippen LogP contribution in [0.4, 0.5) is 13.2 Å². The number of halogens is 3. The number of hydrogen-bond acceptors (Lipinski definition) is 12. The first-order valence-electron chi connectivity index (χ1n) is 27.4. The average Bonchev–Trinajstić information content (AvgIpc) is 3.95. The second-order valence-electron chi connectivity index (χ2n) is 19.5. The quantitative estimate of drug-likeness (QED) is 0.0481. The van der Waals surface area contributed by atoms with E-state index in [0.717, 1.165) is 28.9 Å². The molecule has 424 valence electrons. The Morgan fingerprint density at radius 3 is 1.66 bits per heavy atom. The maximum atomic E-state index is 13.2. The highest BCUT2D eigenvalue weighted by Gasteiger charge is 2.42. The zero-order valence-electron chi connectivity index (χ0n) is 49.9. The van der Waals surface area contributed by atoms with E-state index in [4.69, 9.17) is 19.4 Å². The van der Waals surface area contributed by atoms with E-state index >= 15 is 0 Å². The Morgan fingerprint density at radius 2 is 1.18 bits per heavy atom. The molecule has 10 atom stereocenters. The number of carbonyl (C=O) groups is 5. The van der Waals surface area contributed by atoms with Crippen LogP contribution in [0.25, 0.3) is 0 Å². The number of fused-ring (bicyclic) bond motifs is 1. The molecule has 1 aliphatic carbocycles. The van der Waals surface area contributed by atoms with Crippen LogP contribution in [0.15, 0.2) is 84.9 Å². The van der Waals surface area contributed by atoms with Crippen LogP contribution < -0.4 is 16.0 Å². The first-order valence-corrected chi connectivity index (χ1v) is 28.8. The summed E-state index contributed by atoms with van der Waals surface area (Å²) in [4.78, 5) is 63.1. The van der Waals surface area contributed by atoms with Crippen molar-refractivity contribution in [2.45, 2.75) is 142 Å². The maximum Gasteiger partial charge on any atom is 0.471 e. The summed E-state index contributed by atoms with van der Waals surface area (Å²) in [5, 5.41) is 14.2. The van der Waals surface area contributed by atoms with Gasteiger partial charge in [-0.2, -0.15) is 13.2 Å². The maximum absolute atomic E-state index is 13.2. The van der Waals surface area contributed by atoms with Crippen LogP contribution in [0, 0.1) is 11.8 Å². The number of ether oxygens (including phenoxy) is 1. The summed E-state index contributed by atoms with van der Waals surface area (Å²) in [5.41, 5.74) is 2.72. The number of benzene rings is 3. The summed E-state index contributed by atoms with van der Waals surface area (Å²) < 4.78 is 89.6. The van der Waals surface area contributed by atoms with Crippen LogP contribution in [-0.4, -0.2) is 165 Å². The largest absolute Gasteiger partial charge is 0.471 e. The fourth-order valence-electron chi connectivity index (χ4n) is 9.72. The molecule has 3 aliphatic rings. The van der Waals surface area contributed by atoms with Crippen molar-refractivity contribution in [3.05, 3.63) is 107 Å². The standard InChI is InChI=1S/C30H40N3O4P.C23H35F3N3O4P.2CH4O/c1-20(2)33(21(3)4)38(5)37-19-23-16-24(15-22-11-7-6-8-12-22)27(17-23)31-28(34)18-32-29(35)25-13-9-10-14-26(25)30(32)36;1-15(2)29(16(3)4)34(5)32-14-18-12-19(20(33-18)11-17-9-7-6-8-10-17)28-21(30)13-27-22(31)23(24,25)26;2*1-2/h6-14,20-21,23-24,27H,15-19H2,1-5H3,(H,31,34);6-10,15-16,18-20H,11-14H2,1-5H3,(H,27,31)(H,28,30);2*2H,1H3/t23-,24+,27-,38?;18-,19-,20-,34?;;/m00../s1/i17D;12D;2*2T/t17?,23-,24+,27-,38?;12?,18-,19-,20-,34?;;. The van der Waals surface area contributed by atoms with Gasteiger partial charge in [0.1, 0.15) is 23.1 Å². The molecule has 5 amide bonds. The first-order chi connectivity index (χ1) is 37.7. The highest BCUT2D eigenvalue weighted by molar-refractivity contribution is 7.49. The topological polar surface area (TPSA) is 199 Å². The summed E-state index contributed by atoms with van der Waals surface area (Å²) in [6.07, 6.45) is -5.86. The smallest absolute Gasteiger partial charge is 0.400 e. The summed E-state index contributed by atoms with van der Waals surface area (Å²) in [6, 6.07) is 26.2. The van der Waals surface area contributed by atoms with Gasteiger partial charge in [0.05, 0.1) is 49.1 Å². The van der Waals surface area contributed by atoms with E-state index in [9.17, 15) is 37.1 Å². The summed E-state index contributed by atoms with van der Waals surface area (Å²) in [6.45, 7) is 20.5. The van der Waals surface area contributed by atoms with Gasteiger partial charge in [-0.3, -0.25) is 38.2 Å². The highest BCUT2D eigenvalue weighted by Crippen LogP contribution is 2.44. The molecule has 21 heteroatoms. The van der Waals surface area contributed by atoms with Crippen molar-refractivity contribution < 1.29 is 63.9 Å². The molecule has 5 N–H and O–H groups in total. The fraction of sp³-hybridized carbons (Fsp3) is 0.582. The molecule has 2 fully saturated rings. The molecular weight excluding hydrogens is 1020 g/mol. The number of aliphatic hydroxyl groups is 2. The van der Waals surface area contributed by atoms with Gasteiger partial charge in [0.25, 0.3) is 11.8 Å². The van der Waals surface area contributed by atoms with Crippen LogP contribution in [-0.2, 0) is 41.0 Å². The van der Waals surface area contributed by atoms with E-state index < -0.39 is 95.9 Å². The number of hydrogen-bond donors (Lipinski definition) is 5. The summed E-state index contributed by atoms with van der Waals surface area (Å²) in [7, 11) is 0.824. The number of aliphatic hydroxyl groups excluding tert-OH is 2. The van der Waals surface area contributed by atoms with Crippen LogP contribution in [0.3, 0.4) is 0 Å². The minimum absolute atomic E-state index is 0.0329. The van der Waals surface area contributed by atoms with Gasteiger partial charge >= 0.3 is 12.1 Å². The average molecular weight is 1110 g/mol. The Kier molecular flexibility index (Phi) is 25.3. The number of nitrogens with one attached hydrogen (secondary N) is 3. The summed E-state index contributed by atoms with van der Waals surface area (Å²) >= 11 is 0. The lowest BCUT2D eigenvalue weighted by molar-refractivity contribution is -0.173. The number of imide groups is 1. The molecule has 6 rings (SSSR count). The molecule has 76 heavy (non-hydrogen) atoms. The number of nitrogens with zero attached hydrogens (tertiary/aromatic N) is 3. The normalized spacial score (nSPS) is 23.6. The van der Waals surface area contributed by atoms with Crippen LogP contribution >= 0.6 is 16.6 Å². The van der Waals surface area contributed by atoms with Crippen molar-refractivity contribution >= 4 is 46.1 Å².